The average Bonchev–Trinajstić information content (AvgIpc) is 3.06. The van der Waals surface area contributed by atoms with E-state index in [4.69, 9.17) is 11.6 Å². The second-order valence-electron chi connectivity index (χ2n) is 6.06. The Morgan fingerprint density at radius 3 is 2.30 bits per heavy atom. The van der Waals surface area contributed by atoms with Crippen molar-refractivity contribution in [3.05, 3.63) is 70.4 Å². The van der Waals surface area contributed by atoms with Crippen LogP contribution < -0.4 is 10.0 Å². The number of benzene rings is 2. The summed E-state index contributed by atoms with van der Waals surface area (Å²) in [5, 5.41) is 8.93. The molecule has 0 saturated heterocycles. The molecule has 1 aromatic heterocycles. The van der Waals surface area contributed by atoms with E-state index in [1.54, 1.807) is 36.4 Å². The maximum Gasteiger partial charge on any atom is 0.279 e. The topological polar surface area (TPSA) is 104 Å². The van der Waals surface area contributed by atoms with Gasteiger partial charge in [0.1, 0.15) is 0 Å². The van der Waals surface area contributed by atoms with E-state index in [0.29, 0.717) is 16.4 Å². The molecule has 3 rings (SSSR count). The van der Waals surface area contributed by atoms with Crippen molar-refractivity contribution in [2.24, 2.45) is 0 Å². The van der Waals surface area contributed by atoms with E-state index in [1.165, 1.54) is 6.20 Å². The standard InChI is InChI=1S/C18H17ClN4O3S/c1-11-7-12(2)9-15(8-11)23-27(25,26)18-16(10-20-22-18)17(24)21-14-5-3-13(19)4-6-14/h3-10,23H,1-2H3,(H,20,22)(H,21,24). The molecule has 3 N–H and O–H groups in total. The van der Waals surface area contributed by atoms with Gasteiger partial charge in [0.05, 0.1) is 11.8 Å². The van der Waals surface area contributed by atoms with Crippen LogP contribution in [0.1, 0.15) is 21.5 Å². The van der Waals surface area contributed by atoms with Crippen LogP contribution in [0, 0.1) is 13.8 Å². The number of aromatic amines is 1. The van der Waals surface area contributed by atoms with Crippen molar-refractivity contribution in [1.29, 1.82) is 0 Å². The first-order chi connectivity index (χ1) is 12.7. The van der Waals surface area contributed by atoms with E-state index >= 15 is 0 Å². The second-order valence-corrected chi connectivity index (χ2v) is 8.11. The van der Waals surface area contributed by atoms with E-state index in [0.717, 1.165) is 11.1 Å². The molecule has 0 unspecified atom stereocenters. The largest absolute Gasteiger partial charge is 0.322 e. The van der Waals surface area contributed by atoms with Crippen molar-refractivity contribution in [2.75, 3.05) is 10.0 Å². The number of rotatable bonds is 5. The fraction of sp³-hybridized carbons (Fsp3) is 0.111. The molecule has 0 aliphatic rings. The van der Waals surface area contributed by atoms with Gasteiger partial charge in [0, 0.05) is 16.4 Å². The Kier molecular flexibility index (Phi) is 5.20. The van der Waals surface area contributed by atoms with Gasteiger partial charge in [-0.1, -0.05) is 17.7 Å². The number of aryl methyl sites for hydroxylation is 2. The molecule has 3 aromatic rings. The molecule has 0 aliphatic carbocycles. The third-order valence-electron chi connectivity index (χ3n) is 3.69. The lowest BCUT2D eigenvalue weighted by atomic mass is 10.1. The summed E-state index contributed by atoms with van der Waals surface area (Å²) >= 11 is 5.82. The van der Waals surface area contributed by atoms with Gasteiger partial charge in [-0.3, -0.25) is 14.6 Å². The van der Waals surface area contributed by atoms with Gasteiger partial charge in [-0.05, 0) is 61.4 Å². The molecule has 1 heterocycles. The number of anilines is 2. The maximum absolute atomic E-state index is 12.7. The lowest BCUT2D eigenvalue weighted by Gasteiger charge is -2.10. The molecule has 1 amide bonds. The van der Waals surface area contributed by atoms with Crippen LogP contribution in [-0.4, -0.2) is 24.5 Å². The summed E-state index contributed by atoms with van der Waals surface area (Å²) in [6, 6.07) is 11.8. The summed E-state index contributed by atoms with van der Waals surface area (Å²) in [4.78, 5) is 12.5. The minimum Gasteiger partial charge on any atom is -0.322 e. The fourth-order valence-electron chi connectivity index (χ4n) is 2.61. The van der Waals surface area contributed by atoms with Gasteiger partial charge in [0.2, 0.25) is 0 Å². The van der Waals surface area contributed by atoms with Crippen LogP contribution in [0.25, 0.3) is 0 Å². The number of carbonyl (C=O) groups is 1. The molecule has 9 heteroatoms. The number of aromatic nitrogens is 2. The second kappa shape index (κ2) is 7.42. The summed E-state index contributed by atoms with van der Waals surface area (Å²) in [5.74, 6) is -0.605. The van der Waals surface area contributed by atoms with Crippen LogP contribution in [0.2, 0.25) is 5.02 Å². The fourth-order valence-corrected chi connectivity index (χ4v) is 3.88. The van der Waals surface area contributed by atoms with E-state index < -0.39 is 15.9 Å². The van der Waals surface area contributed by atoms with Crippen molar-refractivity contribution < 1.29 is 13.2 Å². The minimum atomic E-state index is -4.03. The maximum atomic E-state index is 12.7. The predicted octanol–water partition coefficient (Wildman–Crippen LogP) is 3.73. The third kappa shape index (κ3) is 4.47. The van der Waals surface area contributed by atoms with E-state index in [-0.39, 0.29) is 10.6 Å². The van der Waals surface area contributed by atoms with Crippen molar-refractivity contribution in [2.45, 2.75) is 18.9 Å². The molecule has 0 spiro atoms. The minimum absolute atomic E-state index is 0.0955. The van der Waals surface area contributed by atoms with Crippen LogP contribution in [0.3, 0.4) is 0 Å². The van der Waals surface area contributed by atoms with Crippen LogP contribution in [-0.2, 0) is 10.0 Å². The predicted molar refractivity (Wildman–Crippen MR) is 105 cm³/mol. The van der Waals surface area contributed by atoms with E-state index in [2.05, 4.69) is 20.2 Å². The summed E-state index contributed by atoms with van der Waals surface area (Å²) < 4.78 is 27.9. The quantitative estimate of drug-likeness (QED) is 0.602. The zero-order valence-electron chi connectivity index (χ0n) is 14.6. The summed E-state index contributed by atoms with van der Waals surface area (Å²) in [5.41, 5.74) is 2.63. The zero-order valence-corrected chi connectivity index (χ0v) is 16.1. The number of halogens is 1. The molecular formula is C18H17ClN4O3S. The van der Waals surface area contributed by atoms with Gasteiger partial charge in [-0.25, -0.2) is 0 Å². The van der Waals surface area contributed by atoms with Gasteiger partial charge in [-0.2, -0.15) is 13.5 Å². The highest BCUT2D eigenvalue weighted by Gasteiger charge is 2.25. The summed E-state index contributed by atoms with van der Waals surface area (Å²) in [6.07, 6.45) is 1.17. The lowest BCUT2D eigenvalue weighted by Crippen LogP contribution is -2.19. The zero-order chi connectivity index (χ0) is 19.6. The summed E-state index contributed by atoms with van der Waals surface area (Å²) in [7, 11) is -4.03. The number of amides is 1. The van der Waals surface area contributed by atoms with Crippen molar-refractivity contribution >= 4 is 38.9 Å². The number of hydrogen-bond donors (Lipinski definition) is 3. The Hall–Kier alpha value is -2.84. The molecule has 0 saturated carbocycles. The molecule has 140 valence electrons. The third-order valence-corrected chi connectivity index (χ3v) is 5.30. The van der Waals surface area contributed by atoms with Gasteiger partial charge >= 0.3 is 0 Å². The Balaban J connectivity index is 1.86. The SMILES string of the molecule is Cc1cc(C)cc(NS(=O)(=O)c2[nH]ncc2C(=O)Nc2ccc(Cl)cc2)c1. The number of hydrogen-bond acceptors (Lipinski definition) is 4. The number of carbonyl (C=O) groups excluding carboxylic acids is 1. The van der Waals surface area contributed by atoms with Crippen LogP contribution in [0.4, 0.5) is 11.4 Å². The Morgan fingerprint density at radius 1 is 1.04 bits per heavy atom. The first-order valence-corrected chi connectivity index (χ1v) is 9.82. The number of H-pyrrole nitrogens is 1. The number of sulfonamides is 1. The monoisotopic (exact) mass is 404 g/mol. The average molecular weight is 405 g/mol. The molecule has 0 bridgehead atoms. The first-order valence-electron chi connectivity index (χ1n) is 7.96. The van der Waals surface area contributed by atoms with Crippen molar-refractivity contribution in [3.63, 3.8) is 0 Å². The van der Waals surface area contributed by atoms with Crippen molar-refractivity contribution in [1.82, 2.24) is 10.2 Å². The van der Waals surface area contributed by atoms with E-state index in [9.17, 15) is 13.2 Å². The highest BCUT2D eigenvalue weighted by Crippen LogP contribution is 2.21. The van der Waals surface area contributed by atoms with Crippen molar-refractivity contribution in [3.8, 4) is 0 Å². The molecule has 27 heavy (non-hydrogen) atoms. The van der Waals surface area contributed by atoms with Gasteiger partial charge in [-0.15, -0.1) is 0 Å². The number of nitrogens with one attached hydrogen (secondary N) is 3. The van der Waals surface area contributed by atoms with Gasteiger partial charge < -0.3 is 5.32 Å². The van der Waals surface area contributed by atoms with Crippen LogP contribution >= 0.6 is 11.6 Å². The Labute approximate surface area is 161 Å². The molecule has 7 nitrogen and oxygen atoms in total. The number of nitrogens with zero attached hydrogens (tertiary/aromatic N) is 1. The smallest absolute Gasteiger partial charge is 0.279 e. The van der Waals surface area contributed by atoms with Gasteiger partial charge in [0.25, 0.3) is 15.9 Å². The molecule has 0 radical (unpaired) electrons. The van der Waals surface area contributed by atoms with Gasteiger partial charge in [0.15, 0.2) is 5.03 Å². The highest BCUT2D eigenvalue weighted by molar-refractivity contribution is 7.92. The molecule has 2 aromatic carbocycles. The summed E-state index contributed by atoms with van der Waals surface area (Å²) in [6.45, 7) is 3.73. The Morgan fingerprint density at radius 2 is 1.67 bits per heavy atom. The van der Waals surface area contributed by atoms with E-state index in [1.807, 2.05) is 19.9 Å². The molecule has 0 aliphatic heterocycles. The normalized spacial score (nSPS) is 11.2. The first kappa shape index (κ1) is 18.9. The van der Waals surface area contributed by atoms with Crippen LogP contribution in [0.5, 0.6) is 0 Å². The molecule has 0 fully saturated rings. The lowest BCUT2D eigenvalue weighted by molar-refractivity contribution is 0.102. The Bertz CT molecular complexity index is 1070. The highest BCUT2D eigenvalue weighted by atomic mass is 35.5. The molecular weight excluding hydrogens is 388 g/mol. The molecule has 0 atom stereocenters. The van der Waals surface area contributed by atoms with Crippen LogP contribution in [0.15, 0.2) is 53.7 Å².